The van der Waals surface area contributed by atoms with E-state index in [-0.39, 0.29) is 11.9 Å². The van der Waals surface area contributed by atoms with Gasteiger partial charge in [-0.2, -0.15) is 0 Å². The van der Waals surface area contributed by atoms with Crippen molar-refractivity contribution in [2.24, 2.45) is 0 Å². The Hall–Kier alpha value is -1.72. The molecular formula is C17H21N3OS. The molecule has 0 unspecified atom stereocenters. The van der Waals surface area contributed by atoms with Gasteiger partial charge in [-0.05, 0) is 19.4 Å². The smallest absolute Gasteiger partial charge is 0.266 e. The molecule has 2 heterocycles. The third kappa shape index (κ3) is 3.20. The van der Waals surface area contributed by atoms with E-state index in [1.165, 1.54) is 16.9 Å². The van der Waals surface area contributed by atoms with Gasteiger partial charge >= 0.3 is 0 Å². The molecule has 1 N–H and O–H groups in total. The van der Waals surface area contributed by atoms with E-state index in [9.17, 15) is 4.79 Å². The minimum absolute atomic E-state index is 0.128. The van der Waals surface area contributed by atoms with E-state index in [0.717, 1.165) is 41.6 Å². The Balaban J connectivity index is 1.78. The lowest BCUT2D eigenvalue weighted by atomic mass is 10.2. The van der Waals surface area contributed by atoms with E-state index in [1.54, 1.807) is 0 Å². The third-order valence-electron chi connectivity index (χ3n) is 4.00. The quantitative estimate of drug-likeness (QED) is 0.946. The SMILES string of the molecule is Cc1nc(Cc2ccccc2)sc1C(=O)N1CCNC[C@@H]1C. The van der Waals surface area contributed by atoms with Gasteiger partial charge in [-0.15, -0.1) is 11.3 Å². The van der Waals surface area contributed by atoms with E-state index in [2.05, 4.69) is 29.4 Å². The summed E-state index contributed by atoms with van der Waals surface area (Å²) >= 11 is 1.54. The molecular weight excluding hydrogens is 294 g/mol. The number of carbonyl (C=O) groups excluding carboxylic acids is 1. The van der Waals surface area contributed by atoms with Gasteiger partial charge in [0.2, 0.25) is 0 Å². The lowest BCUT2D eigenvalue weighted by molar-refractivity contribution is 0.0660. The summed E-state index contributed by atoms with van der Waals surface area (Å²) in [6, 6.07) is 10.5. The molecule has 5 heteroatoms. The minimum Gasteiger partial charge on any atom is -0.333 e. The summed E-state index contributed by atoms with van der Waals surface area (Å²) in [5.74, 6) is 0.128. The molecule has 1 fully saturated rings. The molecule has 1 aliphatic heterocycles. The van der Waals surface area contributed by atoms with Gasteiger partial charge in [0.1, 0.15) is 4.88 Å². The first kappa shape index (κ1) is 15.2. The predicted molar refractivity (Wildman–Crippen MR) is 89.5 cm³/mol. The summed E-state index contributed by atoms with van der Waals surface area (Å²) in [6.07, 6.45) is 0.788. The highest BCUT2D eigenvalue weighted by Crippen LogP contribution is 2.23. The van der Waals surface area contributed by atoms with Crippen molar-refractivity contribution in [1.29, 1.82) is 0 Å². The summed E-state index contributed by atoms with van der Waals surface area (Å²) in [5, 5.41) is 4.33. The van der Waals surface area contributed by atoms with E-state index in [0.29, 0.717) is 0 Å². The first-order valence-electron chi connectivity index (χ1n) is 7.67. The van der Waals surface area contributed by atoms with E-state index in [1.807, 2.05) is 30.0 Å². The fourth-order valence-corrected chi connectivity index (χ4v) is 3.82. The third-order valence-corrected chi connectivity index (χ3v) is 5.14. The maximum absolute atomic E-state index is 12.8. The number of hydrogen-bond acceptors (Lipinski definition) is 4. The Morgan fingerprint density at radius 1 is 1.41 bits per heavy atom. The fraction of sp³-hybridized carbons (Fsp3) is 0.412. The van der Waals surface area contributed by atoms with Gasteiger partial charge in [0.05, 0.1) is 10.7 Å². The Morgan fingerprint density at radius 2 is 2.18 bits per heavy atom. The van der Waals surface area contributed by atoms with Crippen molar-refractivity contribution < 1.29 is 4.79 Å². The van der Waals surface area contributed by atoms with Gasteiger partial charge in [0.25, 0.3) is 5.91 Å². The number of aryl methyl sites for hydroxylation is 1. The molecule has 4 nitrogen and oxygen atoms in total. The maximum Gasteiger partial charge on any atom is 0.266 e. The normalized spacial score (nSPS) is 18.5. The Bertz CT molecular complexity index is 653. The summed E-state index contributed by atoms with van der Waals surface area (Å²) in [6.45, 7) is 6.52. The molecule has 0 bridgehead atoms. The molecule has 0 spiro atoms. The van der Waals surface area contributed by atoms with E-state index < -0.39 is 0 Å². The monoisotopic (exact) mass is 315 g/mol. The first-order chi connectivity index (χ1) is 10.6. The van der Waals surface area contributed by atoms with Gasteiger partial charge in [0, 0.05) is 32.1 Å². The van der Waals surface area contributed by atoms with Crippen LogP contribution in [0.15, 0.2) is 30.3 Å². The van der Waals surface area contributed by atoms with Crippen LogP contribution in [0.2, 0.25) is 0 Å². The average molecular weight is 315 g/mol. The topological polar surface area (TPSA) is 45.2 Å². The van der Waals surface area contributed by atoms with Crippen LogP contribution in [0.25, 0.3) is 0 Å². The van der Waals surface area contributed by atoms with Crippen molar-refractivity contribution >= 4 is 17.2 Å². The van der Waals surface area contributed by atoms with Crippen LogP contribution < -0.4 is 5.32 Å². The summed E-state index contributed by atoms with van der Waals surface area (Å²) in [5.41, 5.74) is 2.08. The van der Waals surface area contributed by atoms with E-state index in [4.69, 9.17) is 0 Å². The molecule has 2 aromatic rings. The van der Waals surface area contributed by atoms with Gasteiger partial charge in [-0.25, -0.2) is 4.98 Å². The molecule has 1 amide bonds. The van der Waals surface area contributed by atoms with Crippen molar-refractivity contribution in [2.75, 3.05) is 19.6 Å². The van der Waals surface area contributed by atoms with Crippen LogP contribution in [0.3, 0.4) is 0 Å². The molecule has 0 aliphatic carbocycles. The summed E-state index contributed by atoms with van der Waals surface area (Å²) < 4.78 is 0. The van der Waals surface area contributed by atoms with Crippen LogP contribution in [0, 0.1) is 6.92 Å². The zero-order valence-electron chi connectivity index (χ0n) is 13.0. The largest absolute Gasteiger partial charge is 0.333 e. The number of benzene rings is 1. The second kappa shape index (κ2) is 6.58. The number of aromatic nitrogens is 1. The summed E-state index contributed by atoms with van der Waals surface area (Å²) in [7, 11) is 0. The molecule has 3 rings (SSSR count). The lowest BCUT2D eigenvalue weighted by Crippen LogP contribution is -2.52. The molecule has 116 valence electrons. The Labute approximate surface area is 135 Å². The predicted octanol–water partition coefficient (Wildman–Crippen LogP) is 2.48. The standard InChI is InChI=1S/C17H21N3OS/c1-12-11-18-8-9-20(12)17(21)16-13(2)19-15(22-16)10-14-6-4-3-5-7-14/h3-7,12,18H,8-11H2,1-2H3/t12-/m0/s1. The zero-order valence-corrected chi connectivity index (χ0v) is 13.8. The highest BCUT2D eigenvalue weighted by molar-refractivity contribution is 7.13. The van der Waals surface area contributed by atoms with Gasteiger partial charge < -0.3 is 10.2 Å². The molecule has 0 radical (unpaired) electrons. The van der Waals surface area contributed by atoms with Crippen molar-refractivity contribution in [3.63, 3.8) is 0 Å². The lowest BCUT2D eigenvalue weighted by Gasteiger charge is -2.33. The second-order valence-corrected chi connectivity index (χ2v) is 6.82. The number of thiazole rings is 1. The maximum atomic E-state index is 12.8. The highest BCUT2D eigenvalue weighted by atomic mass is 32.1. The number of carbonyl (C=O) groups is 1. The highest BCUT2D eigenvalue weighted by Gasteiger charge is 2.27. The Kier molecular flexibility index (Phi) is 4.55. The van der Waals surface area contributed by atoms with Gasteiger partial charge in [0.15, 0.2) is 0 Å². The molecule has 1 aromatic carbocycles. The van der Waals surface area contributed by atoms with Crippen molar-refractivity contribution in [2.45, 2.75) is 26.3 Å². The summed E-state index contributed by atoms with van der Waals surface area (Å²) in [4.78, 5) is 20.1. The molecule has 1 saturated heterocycles. The van der Waals surface area contributed by atoms with Gasteiger partial charge in [-0.3, -0.25) is 4.79 Å². The van der Waals surface area contributed by atoms with Crippen LogP contribution in [-0.4, -0.2) is 41.5 Å². The second-order valence-electron chi connectivity index (χ2n) is 5.74. The molecule has 1 aromatic heterocycles. The minimum atomic E-state index is 0.128. The molecule has 1 aliphatic rings. The van der Waals surface area contributed by atoms with Crippen LogP contribution in [0.1, 0.15) is 32.9 Å². The number of amides is 1. The van der Waals surface area contributed by atoms with Crippen LogP contribution >= 0.6 is 11.3 Å². The fourth-order valence-electron chi connectivity index (χ4n) is 2.77. The number of nitrogens with one attached hydrogen (secondary N) is 1. The first-order valence-corrected chi connectivity index (χ1v) is 8.48. The van der Waals surface area contributed by atoms with Crippen molar-refractivity contribution in [3.05, 3.63) is 51.5 Å². The Morgan fingerprint density at radius 3 is 2.91 bits per heavy atom. The number of rotatable bonds is 3. The van der Waals surface area contributed by atoms with Gasteiger partial charge in [-0.1, -0.05) is 30.3 Å². The van der Waals surface area contributed by atoms with Crippen LogP contribution in [-0.2, 0) is 6.42 Å². The zero-order chi connectivity index (χ0) is 15.5. The average Bonchev–Trinajstić information content (AvgIpc) is 2.88. The molecule has 0 saturated carbocycles. The number of hydrogen-bond donors (Lipinski definition) is 1. The number of piperazine rings is 1. The number of nitrogens with zero attached hydrogens (tertiary/aromatic N) is 2. The molecule has 1 atom stereocenters. The van der Waals surface area contributed by atoms with Crippen molar-refractivity contribution in [3.8, 4) is 0 Å². The van der Waals surface area contributed by atoms with Crippen molar-refractivity contribution in [1.82, 2.24) is 15.2 Å². The van der Waals surface area contributed by atoms with Crippen LogP contribution in [0.4, 0.5) is 0 Å². The van der Waals surface area contributed by atoms with E-state index >= 15 is 0 Å². The van der Waals surface area contributed by atoms with Crippen LogP contribution in [0.5, 0.6) is 0 Å². The molecule has 22 heavy (non-hydrogen) atoms.